The summed E-state index contributed by atoms with van der Waals surface area (Å²) >= 11 is 0. The molecule has 0 amide bonds. The maximum Gasteiger partial charge on any atom is 0.314 e. The van der Waals surface area contributed by atoms with Crippen LogP contribution in [-0.4, -0.2) is 17.7 Å². The number of aliphatic hydroxyl groups is 1. The van der Waals surface area contributed by atoms with Gasteiger partial charge in [0.15, 0.2) is 0 Å². The number of aliphatic hydroxyl groups excluding tert-OH is 1. The monoisotopic (exact) mass is 236 g/mol. The van der Waals surface area contributed by atoms with Crippen molar-refractivity contribution in [2.24, 2.45) is 5.41 Å². The minimum absolute atomic E-state index is 0.322. The summed E-state index contributed by atoms with van der Waals surface area (Å²) in [4.78, 5) is 11.8. The summed E-state index contributed by atoms with van der Waals surface area (Å²) in [6.07, 6.45) is -0.859. The number of aryl methyl sites for hydroxylation is 1. The molecule has 1 unspecified atom stereocenters. The smallest absolute Gasteiger partial charge is 0.314 e. The number of ether oxygens (including phenoxy) is 1. The van der Waals surface area contributed by atoms with E-state index in [1.807, 2.05) is 31.2 Å². The number of carbonyl (C=O) groups excluding carboxylic acids is 1. The highest BCUT2D eigenvalue weighted by atomic mass is 16.5. The van der Waals surface area contributed by atoms with E-state index in [9.17, 15) is 9.90 Å². The number of hydrogen-bond acceptors (Lipinski definition) is 3. The van der Waals surface area contributed by atoms with E-state index >= 15 is 0 Å². The van der Waals surface area contributed by atoms with Gasteiger partial charge in [0.2, 0.25) is 0 Å². The molecule has 0 aromatic heterocycles. The Balaban J connectivity index is 2.91. The van der Waals surface area contributed by atoms with Crippen molar-refractivity contribution in [3.8, 4) is 0 Å². The summed E-state index contributed by atoms with van der Waals surface area (Å²) < 4.78 is 4.97. The Morgan fingerprint density at radius 3 is 2.35 bits per heavy atom. The SMILES string of the molecule is CCOC(=O)C(C)(C)C(O)c1ccc(C)cc1. The first kappa shape index (κ1) is 13.7. The Bertz CT molecular complexity index is 379. The van der Waals surface area contributed by atoms with Crippen molar-refractivity contribution < 1.29 is 14.6 Å². The lowest BCUT2D eigenvalue weighted by Crippen LogP contribution is -2.33. The van der Waals surface area contributed by atoms with Crippen molar-refractivity contribution in [1.29, 1.82) is 0 Å². The van der Waals surface area contributed by atoms with Gasteiger partial charge in [-0.2, -0.15) is 0 Å². The third-order valence-electron chi connectivity index (χ3n) is 2.88. The van der Waals surface area contributed by atoms with E-state index < -0.39 is 11.5 Å². The zero-order valence-electron chi connectivity index (χ0n) is 10.9. The lowest BCUT2D eigenvalue weighted by Gasteiger charge is -2.28. The molecule has 0 saturated heterocycles. The molecule has 0 bridgehead atoms. The topological polar surface area (TPSA) is 46.5 Å². The Hall–Kier alpha value is -1.35. The van der Waals surface area contributed by atoms with Crippen molar-refractivity contribution in [3.63, 3.8) is 0 Å². The van der Waals surface area contributed by atoms with Gasteiger partial charge < -0.3 is 9.84 Å². The number of hydrogen-bond donors (Lipinski definition) is 1. The predicted molar refractivity (Wildman–Crippen MR) is 66.6 cm³/mol. The zero-order chi connectivity index (χ0) is 13.1. The fraction of sp³-hybridized carbons (Fsp3) is 0.500. The summed E-state index contributed by atoms with van der Waals surface area (Å²) in [5.74, 6) is -0.381. The van der Waals surface area contributed by atoms with Crippen LogP contribution >= 0.6 is 0 Å². The highest BCUT2D eigenvalue weighted by molar-refractivity contribution is 5.77. The van der Waals surface area contributed by atoms with Gasteiger partial charge in [-0.15, -0.1) is 0 Å². The Labute approximate surface area is 102 Å². The molecule has 3 nitrogen and oxygen atoms in total. The van der Waals surface area contributed by atoms with Crippen molar-refractivity contribution in [3.05, 3.63) is 35.4 Å². The summed E-state index contributed by atoms with van der Waals surface area (Å²) in [6, 6.07) is 7.50. The Morgan fingerprint density at radius 2 is 1.88 bits per heavy atom. The van der Waals surface area contributed by atoms with Gasteiger partial charge >= 0.3 is 5.97 Å². The van der Waals surface area contributed by atoms with E-state index in [0.29, 0.717) is 6.61 Å². The first-order valence-corrected chi connectivity index (χ1v) is 5.81. The highest BCUT2D eigenvalue weighted by Gasteiger charge is 2.38. The molecule has 3 heteroatoms. The number of benzene rings is 1. The normalized spacial score (nSPS) is 13.2. The molecule has 1 atom stereocenters. The van der Waals surface area contributed by atoms with Crippen LogP contribution < -0.4 is 0 Å². The second-order valence-electron chi connectivity index (χ2n) is 4.76. The van der Waals surface area contributed by atoms with Crippen LogP contribution in [-0.2, 0) is 9.53 Å². The molecule has 0 aliphatic rings. The second kappa shape index (κ2) is 5.32. The van der Waals surface area contributed by atoms with Gasteiger partial charge in [0, 0.05) is 0 Å². The van der Waals surface area contributed by atoms with Gasteiger partial charge in [-0.1, -0.05) is 29.8 Å². The van der Waals surface area contributed by atoms with E-state index in [1.165, 1.54) is 0 Å². The molecule has 17 heavy (non-hydrogen) atoms. The van der Waals surface area contributed by atoms with Crippen molar-refractivity contribution in [2.45, 2.75) is 33.8 Å². The fourth-order valence-electron chi connectivity index (χ4n) is 1.59. The van der Waals surface area contributed by atoms with Gasteiger partial charge in [-0.3, -0.25) is 4.79 Å². The lowest BCUT2D eigenvalue weighted by molar-refractivity contribution is -0.160. The quantitative estimate of drug-likeness (QED) is 0.817. The van der Waals surface area contributed by atoms with Gasteiger partial charge in [0.25, 0.3) is 0 Å². The minimum atomic E-state index is -0.939. The average molecular weight is 236 g/mol. The molecule has 0 aliphatic carbocycles. The van der Waals surface area contributed by atoms with E-state index in [0.717, 1.165) is 11.1 Å². The average Bonchev–Trinajstić information content (AvgIpc) is 2.29. The number of esters is 1. The van der Waals surface area contributed by atoms with Crippen LogP contribution in [0.25, 0.3) is 0 Å². The first-order valence-electron chi connectivity index (χ1n) is 5.81. The van der Waals surface area contributed by atoms with Crippen LogP contribution in [0.4, 0.5) is 0 Å². The van der Waals surface area contributed by atoms with E-state index in [4.69, 9.17) is 4.74 Å². The lowest BCUT2D eigenvalue weighted by atomic mass is 9.82. The first-order chi connectivity index (χ1) is 7.89. The van der Waals surface area contributed by atoms with Crippen LogP contribution in [0.5, 0.6) is 0 Å². The summed E-state index contributed by atoms with van der Waals surface area (Å²) in [5, 5.41) is 10.2. The molecular formula is C14H20O3. The molecule has 0 fully saturated rings. The standard InChI is InChI=1S/C14H20O3/c1-5-17-13(16)14(3,4)12(15)11-8-6-10(2)7-9-11/h6-9,12,15H,5H2,1-4H3. The maximum atomic E-state index is 11.8. The van der Waals surface area contributed by atoms with Crippen molar-refractivity contribution in [2.75, 3.05) is 6.61 Å². The van der Waals surface area contributed by atoms with Crippen LogP contribution in [0.15, 0.2) is 24.3 Å². The van der Waals surface area contributed by atoms with Gasteiger partial charge in [0.05, 0.1) is 18.1 Å². The Kier molecular flexibility index (Phi) is 4.29. The van der Waals surface area contributed by atoms with Crippen LogP contribution in [0.2, 0.25) is 0 Å². The molecule has 1 aromatic carbocycles. The largest absolute Gasteiger partial charge is 0.465 e. The number of rotatable bonds is 4. The van der Waals surface area contributed by atoms with E-state index in [-0.39, 0.29) is 5.97 Å². The summed E-state index contributed by atoms with van der Waals surface area (Å²) in [7, 11) is 0. The summed E-state index contributed by atoms with van der Waals surface area (Å²) in [5.41, 5.74) is 0.911. The van der Waals surface area contributed by atoms with Gasteiger partial charge in [-0.05, 0) is 33.3 Å². The minimum Gasteiger partial charge on any atom is -0.465 e. The molecule has 1 aromatic rings. The molecule has 0 saturated carbocycles. The molecule has 0 radical (unpaired) electrons. The van der Waals surface area contributed by atoms with E-state index in [2.05, 4.69) is 0 Å². The molecule has 1 rings (SSSR count). The highest BCUT2D eigenvalue weighted by Crippen LogP contribution is 2.34. The third kappa shape index (κ3) is 3.07. The summed E-state index contributed by atoms with van der Waals surface area (Å²) in [6.45, 7) is 7.44. The van der Waals surface area contributed by atoms with Crippen molar-refractivity contribution >= 4 is 5.97 Å². The molecule has 0 aliphatic heterocycles. The van der Waals surface area contributed by atoms with E-state index in [1.54, 1.807) is 20.8 Å². The van der Waals surface area contributed by atoms with Crippen molar-refractivity contribution in [1.82, 2.24) is 0 Å². The molecule has 0 spiro atoms. The third-order valence-corrected chi connectivity index (χ3v) is 2.88. The zero-order valence-corrected chi connectivity index (χ0v) is 10.9. The fourth-order valence-corrected chi connectivity index (χ4v) is 1.59. The molecule has 94 valence electrons. The predicted octanol–water partition coefficient (Wildman–Crippen LogP) is 2.62. The maximum absolute atomic E-state index is 11.8. The van der Waals surface area contributed by atoms with Gasteiger partial charge in [-0.25, -0.2) is 0 Å². The van der Waals surface area contributed by atoms with Gasteiger partial charge in [0.1, 0.15) is 0 Å². The molecule has 0 heterocycles. The van der Waals surface area contributed by atoms with Crippen LogP contribution in [0.1, 0.15) is 38.0 Å². The second-order valence-corrected chi connectivity index (χ2v) is 4.76. The molecule has 1 N–H and O–H groups in total. The number of carbonyl (C=O) groups is 1. The Morgan fingerprint density at radius 1 is 1.35 bits per heavy atom. The molecular weight excluding hydrogens is 216 g/mol. The van der Waals surface area contributed by atoms with Crippen LogP contribution in [0, 0.1) is 12.3 Å². The van der Waals surface area contributed by atoms with Crippen LogP contribution in [0.3, 0.4) is 0 Å².